The van der Waals surface area contributed by atoms with Gasteiger partial charge < -0.3 is 10.1 Å². The second-order valence-corrected chi connectivity index (χ2v) is 6.65. The van der Waals surface area contributed by atoms with Crippen LogP contribution >= 0.6 is 0 Å². The number of aromatic nitrogens is 2. The number of amides is 2. The standard InChI is InChI=1S/C19H26FN5O2/c1-15-13-22-25(14-16-4-2-5-17(20)12-16)18(15)23-19(26)21-6-3-7-24-8-10-27-11-9-24/h2,4-5,12-13H,3,6-11,14H2,1H3,(H2,21,23,26). The third kappa shape index (κ3) is 5.77. The highest BCUT2D eigenvalue weighted by molar-refractivity contribution is 5.89. The van der Waals surface area contributed by atoms with Gasteiger partial charge >= 0.3 is 6.03 Å². The average molecular weight is 375 g/mol. The largest absolute Gasteiger partial charge is 0.379 e. The SMILES string of the molecule is Cc1cnn(Cc2cccc(F)c2)c1NC(=O)NCCCN1CCOCC1. The average Bonchev–Trinajstić information content (AvgIpc) is 2.99. The molecule has 2 amide bonds. The molecule has 1 aromatic carbocycles. The molecule has 3 rings (SSSR count). The zero-order valence-electron chi connectivity index (χ0n) is 15.6. The number of ether oxygens (including phenoxy) is 1. The number of aryl methyl sites for hydroxylation is 1. The molecule has 7 nitrogen and oxygen atoms in total. The number of carbonyl (C=O) groups excluding carboxylic acids is 1. The Balaban J connectivity index is 1.48. The first-order valence-electron chi connectivity index (χ1n) is 9.23. The van der Waals surface area contributed by atoms with Crippen molar-refractivity contribution in [2.45, 2.75) is 19.9 Å². The Labute approximate surface area is 158 Å². The minimum absolute atomic E-state index is 0.263. The zero-order valence-corrected chi connectivity index (χ0v) is 15.6. The molecule has 0 unspecified atom stereocenters. The van der Waals surface area contributed by atoms with E-state index >= 15 is 0 Å². The van der Waals surface area contributed by atoms with Crippen LogP contribution in [0.2, 0.25) is 0 Å². The van der Waals surface area contributed by atoms with Gasteiger partial charge in [0.2, 0.25) is 0 Å². The van der Waals surface area contributed by atoms with E-state index in [2.05, 4.69) is 20.6 Å². The highest BCUT2D eigenvalue weighted by Crippen LogP contribution is 2.16. The molecule has 0 radical (unpaired) electrons. The number of hydrogen-bond donors (Lipinski definition) is 2. The number of halogens is 1. The fraction of sp³-hybridized carbons (Fsp3) is 0.474. The predicted octanol–water partition coefficient (Wildman–Crippen LogP) is 2.22. The summed E-state index contributed by atoms with van der Waals surface area (Å²) in [4.78, 5) is 14.6. The van der Waals surface area contributed by atoms with Gasteiger partial charge in [-0.25, -0.2) is 13.9 Å². The summed E-state index contributed by atoms with van der Waals surface area (Å²) in [6, 6.07) is 6.10. The van der Waals surface area contributed by atoms with E-state index in [-0.39, 0.29) is 11.8 Å². The molecule has 1 aliphatic heterocycles. The van der Waals surface area contributed by atoms with Gasteiger partial charge in [-0.05, 0) is 37.6 Å². The molecule has 0 bridgehead atoms. The molecule has 0 atom stereocenters. The Hall–Kier alpha value is -2.45. The molecule has 2 N–H and O–H groups in total. The molecule has 0 spiro atoms. The van der Waals surface area contributed by atoms with Crippen LogP contribution in [-0.4, -0.2) is 60.1 Å². The lowest BCUT2D eigenvalue weighted by molar-refractivity contribution is 0.0375. The molecular formula is C19H26FN5O2. The summed E-state index contributed by atoms with van der Waals surface area (Å²) in [5, 5.41) is 10.0. The topological polar surface area (TPSA) is 71.4 Å². The van der Waals surface area contributed by atoms with Crippen LogP contribution in [0.3, 0.4) is 0 Å². The van der Waals surface area contributed by atoms with Gasteiger partial charge in [-0.1, -0.05) is 12.1 Å². The van der Waals surface area contributed by atoms with Gasteiger partial charge in [0, 0.05) is 25.2 Å². The minimum Gasteiger partial charge on any atom is -0.379 e. The van der Waals surface area contributed by atoms with Crippen molar-refractivity contribution < 1.29 is 13.9 Å². The van der Waals surface area contributed by atoms with Crippen molar-refractivity contribution in [2.24, 2.45) is 0 Å². The number of anilines is 1. The first-order valence-corrected chi connectivity index (χ1v) is 9.23. The third-order valence-electron chi connectivity index (χ3n) is 4.52. The van der Waals surface area contributed by atoms with E-state index < -0.39 is 0 Å². The molecule has 2 aromatic rings. The minimum atomic E-state index is -0.288. The van der Waals surface area contributed by atoms with Crippen molar-refractivity contribution in [3.63, 3.8) is 0 Å². The van der Waals surface area contributed by atoms with Crippen LogP contribution < -0.4 is 10.6 Å². The number of hydrogen-bond acceptors (Lipinski definition) is 4. The van der Waals surface area contributed by atoms with Crippen molar-refractivity contribution in [3.05, 3.63) is 47.4 Å². The number of nitrogens with one attached hydrogen (secondary N) is 2. The van der Waals surface area contributed by atoms with E-state index in [4.69, 9.17) is 4.74 Å². The quantitative estimate of drug-likeness (QED) is 0.728. The summed E-state index contributed by atoms with van der Waals surface area (Å²) >= 11 is 0. The van der Waals surface area contributed by atoms with E-state index in [1.54, 1.807) is 16.9 Å². The number of urea groups is 1. The highest BCUT2D eigenvalue weighted by atomic mass is 19.1. The van der Waals surface area contributed by atoms with Crippen molar-refractivity contribution in [2.75, 3.05) is 44.7 Å². The van der Waals surface area contributed by atoms with E-state index in [0.29, 0.717) is 18.9 Å². The number of morpholine rings is 1. The van der Waals surface area contributed by atoms with Crippen molar-refractivity contribution in [1.82, 2.24) is 20.0 Å². The van der Waals surface area contributed by atoms with Gasteiger partial charge in [0.1, 0.15) is 11.6 Å². The second-order valence-electron chi connectivity index (χ2n) is 6.65. The van der Waals surface area contributed by atoms with Gasteiger partial charge in [-0.15, -0.1) is 0 Å². The summed E-state index contributed by atoms with van der Waals surface area (Å²) in [7, 11) is 0. The first-order chi connectivity index (χ1) is 13.1. The molecular weight excluding hydrogens is 349 g/mol. The Morgan fingerprint density at radius 3 is 2.93 bits per heavy atom. The van der Waals surface area contributed by atoms with Gasteiger partial charge in [-0.3, -0.25) is 10.2 Å². The molecule has 0 aliphatic carbocycles. The van der Waals surface area contributed by atoms with Gasteiger partial charge in [0.05, 0.1) is 26.0 Å². The maximum Gasteiger partial charge on any atom is 0.320 e. The fourth-order valence-electron chi connectivity index (χ4n) is 3.05. The molecule has 146 valence electrons. The Morgan fingerprint density at radius 2 is 2.15 bits per heavy atom. The van der Waals surface area contributed by atoms with Crippen molar-refractivity contribution >= 4 is 11.8 Å². The third-order valence-corrected chi connectivity index (χ3v) is 4.52. The lowest BCUT2D eigenvalue weighted by atomic mass is 10.2. The summed E-state index contributed by atoms with van der Waals surface area (Å²) in [5.74, 6) is 0.328. The van der Waals surface area contributed by atoms with Gasteiger partial charge in [0.15, 0.2) is 0 Å². The normalized spacial score (nSPS) is 14.9. The van der Waals surface area contributed by atoms with Crippen molar-refractivity contribution in [3.8, 4) is 0 Å². The lowest BCUT2D eigenvalue weighted by Crippen LogP contribution is -2.38. The van der Waals surface area contributed by atoms with Crippen LogP contribution in [0.5, 0.6) is 0 Å². The number of nitrogens with zero attached hydrogens (tertiary/aromatic N) is 3. The van der Waals surface area contributed by atoms with Crippen LogP contribution in [0.1, 0.15) is 17.5 Å². The first kappa shape index (κ1) is 19.3. The molecule has 8 heteroatoms. The summed E-state index contributed by atoms with van der Waals surface area (Å²) in [5.41, 5.74) is 1.64. The number of benzene rings is 1. The molecule has 0 saturated carbocycles. The smallest absolute Gasteiger partial charge is 0.320 e. The van der Waals surface area contributed by atoms with E-state index in [1.165, 1.54) is 12.1 Å². The maximum absolute atomic E-state index is 13.4. The molecule has 1 fully saturated rings. The molecule has 2 heterocycles. The second kappa shape index (κ2) is 9.48. The maximum atomic E-state index is 13.4. The lowest BCUT2D eigenvalue weighted by Gasteiger charge is -2.26. The van der Waals surface area contributed by atoms with Crippen LogP contribution in [0.25, 0.3) is 0 Å². The summed E-state index contributed by atoms with van der Waals surface area (Å²) in [6.45, 7) is 7.27. The zero-order chi connectivity index (χ0) is 19.1. The Morgan fingerprint density at radius 1 is 1.33 bits per heavy atom. The molecule has 1 aliphatic rings. The monoisotopic (exact) mass is 375 g/mol. The number of rotatable bonds is 7. The molecule has 1 saturated heterocycles. The Bertz CT molecular complexity index is 758. The van der Waals surface area contributed by atoms with Crippen LogP contribution in [0.15, 0.2) is 30.5 Å². The van der Waals surface area contributed by atoms with Crippen LogP contribution in [-0.2, 0) is 11.3 Å². The molecule has 1 aromatic heterocycles. The van der Waals surface area contributed by atoms with Crippen LogP contribution in [0, 0.1) is 12.7 Å². The van der Waals surface area contributed by atoms with Gasteiger partial charge in [0.25, 0.3) is 0 Å². The van der Waals surface area contributed by atoms with Crippen molar-refractivity contribution in [1.29, 1.82) is 0 Å². The van der Waals surface area contributed by atoms with Crippen LogP contribution in [0.4, 0.5) is 15.0 Å². The molecule has 27 heavy (non-hydrogen) atoms. The number of carbonyl (C=O) groups is 1. The van der Waals surface area contributed by atoms with E-state index in [0.717, 1.165) is 50.4 Å². The fourth-order valence-corrected chi connectivity index (χ4v) is 3.05. The highest BCUT2D eigenvalue weighted by Gasteiger charge is 2.12. The predicted molar refractivity (Wildman–Crippen MR) is 101 cm³/mol. The van der Waals surface area contributed by atoms with E-state index in [1.807, 2.05) is 13.0 Å². The summed E-state index contributed by atoms with van der Waals surface area (Å²) < 4.78 is 20.4. The van der Waals surface area contributed by atoms with Gasteiger partial charge in [-0.2, -0.15) is 5.10 Å². The summed E-state index contributed by atoms with van der Waals surface area (Å²) in [6.07, 6.45) is 2.57. The van der Waals surface area contributed by atoms with E-state index in [9.17, 15) is 9.18 Å². The Kier molecular flexibility index (Phi) is 6.78.